The van der Waals surface area contributed by atoms with Gasteiger partial charge in [0, 0.05) is 0 Å². The van der Waals surface area contributed by atoms with Crippen LogP contribution in [0.5, 0.6) is 0 Å². The van der Waals surface area contributed by atoms with Gasteiger partial charge in [0.25, 0.3) is 0 Å². The Morgan fingerprint density at radius 2 is 1.64 bits per heavy atom. The summed E-state index contributed by atoms with van der Waals surface area (Å²) in [4.78, 5) is 0. The van der Waals surface area contributed by atoms with E-state index in [0.717, 1.165) is 10.0 Å². The molecule has 0 saturated heterocycles. The first kappa shape index (κ1) is 8.21. The topological polar surface area (TPSA) is 0 Å². The number of fused-ring (bicyclic) bond motifs is 5. The monoisotopic (exact) mass is 144 g/mol. The first-order chi connectivity index (χ1) is 5.29. The van der Waals surface area contributed by atoms with Crippen molar-refractivity contribution in [3.8, 4) is 0 Å². The van der Waals surface area contributed by atoms with E-state index in [0.29, 0.717) is 0 Å². The SMILES string of the molecule is [Li][C]12CCCCC(CC1)CC2. The Hall–Kier alpha value is 0.597. The maximum atomic E-state index is 2.51. The molecule has 0 N–H and O–H groups in total. The Labute approximate surface area is 79.3 Å². The van der Waals surface area contributed by atoms with Crippen molar-refractivity contribution in [1.82, 2.24) is 0 Å². The molecule has 2 bridgehead atoms. The standard InChI is InChI=1S/C10H17.Li/c1-2-4-10-7-5-9(3-1)6-8-10;/h9H,1-8H2;. The molecule has 11 heavy (non-hydrogen) atoms. The van der Waals surface area contributed by atoms with Crippen LogP contribution in [-0.2, 0) is 0 Å². The summed E-state index contributed by atoms with van der Waals surface area (Å²) in [5.74, 6) is 1.11. The first-order valence-corrected chi connectivity index (χ1v) is 5.29. The molecule has 0 heterocycles. The minimum absolute atomic E-state index is 0.761. The summed E-state index contributed by atoms with van der Waals surface area (Å²) in [5, 5.41) is 0. The molecule has 3 rings (SSSR count). The van der Waals surface area contributed by atoms with Crippen molar-refractivity contribution in [2.45, 2.75) is 55.5 Å². The van der Waals surface area contributed by atoms with Crippen LogP contribution in [0.3, 0.4) is 0 Å². The van der Waals surface area contributed by atoms with Crippen LogP contribution in [0.1, 0.15) is 51.4 Å². The molecule has 0 radical (unpaired) electrons. The molecule has 0 atom stereocenters. The zero-order valence-corrected chi connectivity index (χ0v) is 7.73. The van der Waals surface area contributed by atoms with E-state index < -0.39 is 0 Å². The van der Waals surface area contributed by atoms with E-state index in [4.69, 9.17) is 0 Å². The summed E-state index contributed by atoms with van der Waals surface area (Å²) in [7, 11) is 0. The Morgan fingerprint density at radius 3 is 2.36 bits per heavy atom. The Kier molecular flexibility index (Phi) is 2.35. The van der Waals surface area contributed by atoms with Gasteiger partial charge >= 0.3 is 79.1 Å². The third-order valence-corrected chi connectivity index (χ3v) is 3.95. The van der Waals surface area contributed by atoms with Crippen LogP contribution in [0, 0.1) is 5.92 Å². The van der Waals surface area contributed by atoms with Gasteiger partial charge in [0.05, 0.1) is 0 Å². The Bertz CT molecular complexity index is 128. The summed E-state index contributed by atoms with van der Waals surface area (Å²) in [6.07, 6.45) is 12.2. The van der Waals surface area contributed by atoms with E-state index in [1.165, 1.54) is 51.4 Å². The van der Waals surface area contributed by atoms with Crippen molar-refractivity contribution in [2.75, 3.05) is 0 Å². The van der Waals surface area contributed by atoms with Gasteiger partial charge < -0.3 is 0 Å². The number of hydrogen-bond acceptors (Lipinski definition) is 0. The molecule has 0 amide bonds. The maximum absolute atomic E-state index is 2.51. The van der Waals surface area contributed by atoms with E-state index in [9.17, 15) is 0 Å². The van der Waals surface area contributed by atoms with E-state index in [2.05, 4.69) is 17.7 Å². The molecule has 0 aromatic rings. The predicted octanol–water partition coefficient (Wildman–Crippen LogP) is 3.08. The van der Waals surface area contributed by atoms with Crippen molar-refractivity contribution < 1.29 is 0 Å². The molecule has 0 spiro atoms. The van der Waals surface area contributed by atoms with Gasteiger partial charge in [0.2, 0.25) is 0 Å². The molecule has 3 aliphatic rings. The average Bonchev–Trinajstić information content (AvgIpc) is 1.96. The molecule has 0 aromatic heterocycles. The summed E-state index contributed by atoms with van der Waals surface area (Å²) < 4.78 is 0.761. The van der Waals surface area contributed by atoms with Gasteiger partial charge in [-0.1, -0.05) is 0 Å². The molecule has 0 aromatic carbocycles. The molecular weight excluding hydrogens is 127 g/mol. The van der Waals surface area contributed by atoms with Gasteiger partial charge in [-0.3, -0.25) is 0 Å². The second kappa shape index (κ2) is 3.15. The van der Waals surface area contributed by atoms with Crippen molar-refractivity contribution in [2.24, 2.45) is 5.92 Å². The van der Waals surface area contributed by atoms with Crippen LogP contribution in [0.4, 0.5) is 0 Å². The number of rotatable bonds is 0. The minimum atomic E-state index is 0.761. The van der Waals surface area contributed by atoms with Crippen LogP contribution in [0.25, 0.3) is 0 Å². The molecule has 58 valence electrons. The molecule has 3 saturated carbocycles. The van der Waals surface area contributed by atoms with Crippen molar-refractivity contribution >= 4 is 17.7 Å². The van der Waals surface area contributed by atoms with Crippen molar-refractivity contribution in [1.29, 1.82) is 0 Å². The summed E-state index contributed by atoms with van der Waals surface area (Å²) in [6, 6.07) is 0. The Morgan fingerprint density at radius 1 is 0.909 bits per heavy atom. The van der Waals surface area contributed by atoms with Crippen LogP contribution in [-0.4, -0.2) is 17.7 Å². The van der Waals surface area contributed by atoms with Gasteiger partial charge in [-0.15, -0.1) is 0 Å². The van der Waals surface area contributed by atoms with E-state index >= 15 is 0 Å². The van der Waals surface area contributed by atoms with Gasteiger partial charge in [0.15, 0.2) is 0 Å². The summed E-state index contributed by atoms with van der Waals surface area (Å²) in [6.45, 7) is 0. The summed E-state index contributed by atoms with van der Waals surface area (Å²) >= 11 is 2.51. The molecular formula is C10H17Li. The first-order valence-electron chi connectivity index (χ1n) is 5.29. The normalized spacial score (nSPS) is 45.1. The zero-order chi connectivity index (χ0) is 7.73. The van der Waals surface area contributed by atoms with E-state index in [1.54, 1.807) is 0 Å². The van der Waals surface area contributed by atoms with Gasteiger partial charge in [0.1, 0.15) is 0 Å². The van der Waals surface area contributed by atoms with Gasteiger partial charge in [-0.05, 0) is 0 Å². The van der Waals surface area contributed by atoms with Crippen LogP contribution in [0.15, 0.2) is 0 Å². The van der Waals surface area contributed by atoms with Crippen LogP contribution < -0.4 is 0 Å². The van der Waals surface area contributed by atoms with Crippen molar-refractivity contribution in [3.05, 3.63) is 0 Å². The summed E-state index contributed by atoms with van der Waals surface area (Å²) in [5.41, 5.74) is 0. The van der Waals surface area contributed by atoms with E-state index in [-0.39, 0.29) is 0 Å². The molecule has 0 aliphatic heterocycles. The van der Waals surface area contributed by atoms with Crippen LogP contribution >= 0.6 is 0 Å². The van der Waals surface area contributed by atoms with Gasteiger partial charge in [-0.2, -0.15) is 0 Å². The van der Waals surface area contributed by atoms with Crippen molar-refractivity contribution in [3.63, 3.8) is 0 Å². The third-order valence-electron chi connectivity index (χ3n) is 3.95. The second-order valence-corrected chi connectivity index (χ2v) is 5.00. The Balaban J connectivity index is 2.04. The van der Waals surface area contributed by atoms with Gasteiger partial charge in [-0.25, -0.2) is 0 Å². The molecule has 3 fully saturated rings. The fourth-order valence-corrected chi connectivity index (χ4v) is 2.90. The fraction of sp³-hybridized carbons (Fsp3) is 1.00. The van der Waals surface area contributed by atoms with Crippen LogP contribution in [0.2, 0.25) is 4.09 Å². The molecule has 3 aliphatic carbocycles. The fourth-order valence-electron chi connectivity index (χ4n) is 2.90. The molecule has 1 heteroatoms. The van der Waals surface area contributed by atoms with E-state index in [1.807, 2.05) is 0 Å². The predicted molar refractivity (Wildman–Crippen MR) is 48.9 cm³/mol. The average molecular weight is 144 g/mol. The molecule has 0 unspecified atom stereocenters. The zero-order valence-electron chi connectivity index (χ0n) is 7.73. The molecule has 0 nitrogen and oxygen atoms in total. The quantitative estimate of drug-likeness (QED) is 0.458. The number of hydrogen-bond donors (Lipinski definition) is 0. The second-order valence-electron chi connectivity index (χ2n) is 5.00. The third kappa shape index (κ3) is 1.85.